The van der Waals surface area contributed by atoms with E-state index >= 15 is 0 Å². The van der Waals surface area contributed by atoms with Crippen LogP contribution in [0.15, 0.2) is 36.5 Å². The van der Waals surface area contributed by atoms with E-state index in [1.54, 1.807) is 49.3 Å². The third-order valence-corrected chi connectivity index (χ3v) is 5.81. The maximum Gasteiger partial charge on any atom is 0.259 e. The molecule has 8 nitrogen and oxygen atoms in total. The van der Waals surface area contributed by atoms with Gasteiger partial charge in [0.2, 0.25) is 11.8 Å². The van der Waals surface area contributed by atoms with Gasteiger partial charge in [0.15, 0.2) is 0 Å². The first-order chi connectivity index (χ1) is 15.3. The van der Waals surface area contributed by atoms with Crippen LogP contribution in [0.5, 0.6) is 5.75 Å². The fraction of sp³-hybridized carbons (Fsp3) is 0.391. The fourth-order valence-electron chi connectivity index (χ4n) is 3.78. The van der Waals surface area contributed by atoms with Crippen LogP contribution in [-0.4, -0.2) is 48.8 Å². The van der Waals surface area contributed by atoms with E-state index in [9.17, 15) is 14.4 Å². The lowest BCUT2D eigenvalue weighted by atomic mass is 9.81. The summed E-state index contributed by atoms with van der Waals surface area (Å²) in [5.41, 5.74) is 0.639. The van der Waals surface area contributed by atoms with E-state index in [1.165, 1.54) is 13.3 Å². The topological polar surface area (TPSA) is 101 Å². The minimum absolute atomic E-state index is 0.0387. The second-order valence-electron chi connectivity index (χ2n) is 8.00. The largest absolute Gasteiger partial charge is 0.497 e. The Labute approximate surface area is 192 Å². The number of halogens is 1. The molecule has 0 unspecified atom stereocenters. The number of hydrogen-bond donors (Lipinski definition) is 2. The highest BCUT2D eigenvalue weighted by Crippen LogP contribution is 2.31. The number of amides is 3. The predicted molar refractivity (Wildman–Crippen MR) is 123 cm³/mol. The summed E-state index contributed by atoms with van der Waals surface area (Å²) < 4.78 is 5.24. The summed E-state index contributed by atoms with van der Waals surface area (Å²) >= 11 is 5.84. The zero-order valence-electron chi connectivity index (χ0n) is 18.4. The molecule has 2 N–H and O–H groups in total. The second-order valence-corrected chi connectivity index (χ2v) is 8.43. The smallest absolute Gasteiger partial charge is 0.259 e. The number of nitrogens with zero attached hydrogens (tertiary/aromatic N) is 2. The van der Waals surface area contributed by atoms with E-state index in [0.29, 0.717) is 48.0 Å². The molecule has 1 aromatic carbocycles. The van der Waals surface area contributed by atoms with Crippen molar-refractivity contribution in [2.24, 2.45) is 11.8 Å². The third-order valence-electron chi connectivity index (χ3n) is 5.59. The number of benzene rings is 1. The Morgan fingerprint density at radius 1 is 1.03 bits per heavy atom. The molecule has 2 aromatic rings. The maximum absolute atomic E-state index is 12.9. The molecule has 0 spiro atoms. The number of methoxy groups -OCH3 is 1. The molecule has 0 radical (unpaired) electrons. The number of carbonyl (C=O) groups excluding carboxylic acids is 3. The van der Waals surface area contributed by atoms with Crippen LogP contribution in [0.2, 0.25) is 5.02 Å². The van der Waals surface area contributed by atoms with E-state index in [1.807, 2.05) is 0 Å². The minimum atomic E-state index is -0.436. The van der Waals surface area contributed by atoms with Gasteiger partial charge in [0, 0.05) is 32.1 Å². The predicted octanol–water partition coefficient (Wildman–Crippen LogP) is 3.83. The molecule has 1 aliphatic rings. The first-order valence-electron chi connectivity index (χ1n) is 10.4. The molecule has 0 saturated heterocycles. The van der Waals surface area contributed by atoms with Gasteiger partial charge in [0.25, 0.3) is 5.91 Å². The molecule has 1 aliphatic carbocycles. The summed E-state index contributed by atoms with van der Waals surface area (Å²) in [6.45, 7) is 0. The molecule has 3 amide bonds. The van der Waals surface area contributed by atoms with Crippen molar-refractivity contribution in [2.45, 2.75) is 25.7 Å². The Morgan fingerprint density at radius 2 is 1.72 bits per heavy atom. The van der Waals surface area contributed by atoms with Crippen molar-refractivity contribution in [3.05, 3.63) is 47.1 Å². The van der Waals surface area contributed by atoms with E-state index in [0.717, 1.165) is 0 Å². The minimum Gasteiger partial charge on any atom is -0.497 e. The number of carbonyl (C=O) groups is 3. The first kappa shape index (κ1) is 23.5. The zero-order chi connectivity index (χ0) is 23.3. The van der Waals surface area contributed by atoms with Crippen molar-refractivity contribution in [3.8, 4) is 5.75 Å². The van der Waals surface area contributed by atoms with Crippen molar-refractivity contribution in [3.63, 3.8) is 0 Å². The summed E-state index contributed by atoms with van der Waals surface area (Å²) in [6, 6.07) is 8.09. The molecule has 9 heteroatoms. The lowest BCUT2D eigenvalue weighted by molar-refractivity contribution is -0.135. The van der Waals surface area contributed by atoms with Gasteiger partial charge < -0.3 is 20.3 Å². The summed E-state index contributed by atoms with van der Waals surface area (Å²) in [6.07, 6.45) is 4.04. The summed E-state index contributed by atoms with van der Waals surface area (Å²) in [7, 11) is 5.00. The Kier molecular flexibility index (Phi) is 7.69. The van der Waals surface area contributed by atoms with Crippen LogP contribution in [0.25, 0.3) is 0 Å². The molecule has 1 fully saturated rings. The Balaban J connectivity index is 1.71. The first-order valence-corrected chi connectivity index (χ1v) is 10.8. The van der Waals surface area contributed by atoms with Crippen molar-refractivity contribution >= 4 is 40.8 Å². The van der Waals surface area contributed by atoms with Gasteiger partial charge in [-0.2, -0.15) is 0 Å². The van der Waals surface area contributed by atoms with Crippen LogP contribution < -0.4 is 15.4 Å². The van der Waals surface area contributed by atoms with Crippen LogP contribution in [0.1, 0.15) is 36.0 Å². The average molecular weight is 459 g/mol. The van der Waals surface area contributed by atoms with Gasteiger partial charge >= 0.3 is 0 Å². The van der Waals surface area contributed by atoms with Crippen molar-refractivity contribution in [1.29, 1.82) is 0 Å². The average Bonchev–Trinajstić information content (AvgIpc) is 2.80. The van der Waals surface area contributed by atoms with Gasteiger partial charge in [-0.1, -0.05) is 11.6 Å². The molecule has 1 saturated carbocycles. The highest BCUT2D eigenvalue weighted by atomic mass is 35.5. The summed E-state index contributed by atoms with van der Waals surface area (Å²) in [4.78, 5) is 43.6. The quantitative estimate of drug-likeness (QED) is 0.685. The number of pyridine rings is 1. The number of ether oxygens (including phenoxy) is 1. The Morgan fingerprint density at radius 3 is 2.31 bits per heavy atom. The van der Waals surface area contributed by atoms with Crippen molar-refractivity contribution < 1.29 is 19.1 Å². The van der Waals surface area contributed by atoms with E-state index in [4.69, 9.17) is 16.3 Å². The van der Waals surface area contributed by atoms with Crippen LogP contribution in [0, 0.1) is 11.8 Å². The van der Waals surface area contributed by atoms with Gasteiger partial charge in [-0.15, -0.1) is 0 Å². The molecule has 1 aromatic heterocycles. The van der Waals surface area contributed by atoms with Crippen LogP contribution >= 0.6 is 11.6 Å². The number of anilines is 2. The maximum atomic E-state index is 12.9. The SMILES string of the molecule is COc1ccc(NC(=O)[C@H]2CC[C@H](C(=O)N(C)C)CC2)c(C(=O)Nc2ccc(Cl)cn2)c1. The number of aromatic nitrogens is 1. The van der Waals surface area contributed by atoms with Gasteiger partial charge in [0.1, 0.15) is 11.6 Å². The molecule has 1 heterocycles. The second kappa shape index (κ2) is 10.5. The molecule has 0 atom stereocenters. The van der Waals surface area contributed by atoms with E-state index < -0.39 is 5.91 Å². The summed E-state index contributed by atoms with van der Waals surface area (Å²) in [5.74, 6) is 0.0800. The van der Waals surface area contributed by atoms with Crippen molar-refractivity contribution in [2.75, 3.05) is 31.8 Å². The van der Waals surface area contributed by atoms with Crippen molar-refractivity contribution in [1.82, 2.24) is 9.88 Å². The van der Waals surface area contributed by atoms with Crippen LogP contribution in [0.4, 0.5) is 11.5 Å². The monoisotopic (exact) mass is 458 g/mol. The molecule has 170 valence electrons. The Bertz CT molecular complexity index is 986. The highest BCUT2D eigenvalue weighted by molar-refractivity contribution is 6.30. The fourth-order valence-corrected chi connectivity index (χ4v) is 3.89. The van der Waals surface area contributed by atoms with E-state index in [2.05, 4.69) is 15.6 Å². The van der Waals surface area contributed by atoms with Gasteiger partial charge in [-0.3, -0.25) is 14.4 Å². The summed E-state index contributed by atoms with van der Waals surface area (Å²) in [5, 5.41) is 6.04. The molecule has 3 rings (SSSR count). The zero-order valence-corrected chi connectivity index (χ0v) is 19.1. The third kappa shape index (κ3) is 5.76. The molecule has 0 bridgehead atoms. The number of hydrogen-bond acceptors (Lipinski definition) is 5. The molecular formula is C23H27ClN4O4. The highest BCUT2D eigenvalue weighted by Gasteiger charge is 2.31. The molecule has 0 aliphatic heterocycles. The molecule has 32 heavy (non-hydrogen) atoms. The van der Waals surface area contributed by atoms with Gasteiger partial charge in [-0.25, -0.2) is 4.98 Å². The standard InChI is InChI=1S/C23H27ClN4O4/c1-28(2)23(31)15-6-4-14(5-7-15)21(29)26-19-10-9-17(32-3)12-18(19)22(30)27-20-11-8-16(24)13-25-20/h8-15H,4-7H2,1-3H3,(H,26,29)(H,25,27,30)/t14-,15-. The van der Waals surface area contributed by atoms with Crippen LogP contribution in [-0.2, 0) is 9.59 Å². The normalized spacial score (nSPS) is 17.9. The van der Waals surface area contributed by atoms with E-state index in [-0.39, 0.29) is 29.2 Å². The number of nitrogens with one attached hydrogen (secondary N) is 2. The molecular weight excluding hydrogens is 432 g/mol. The lowest BCUT2D eigenvalue weighted by Gasteiger charge is -2.28. The van der Waals surface area contributed by atoms with Gasteiger partial charge in [0.05, 0.1) is 23.4 Å². The lowest BCUT2D eigenvalue weighted by Crippen LogP contribution is -2.35. The number of rotatable bonds is 6. The van der Waals surface area contributed by atoms with Crippen LogP contribution in [0.3, 0.4) is 0 Å². The Hall–Kier alpha value is -3.13. The van der Waals surface area contributed by atoms with Gasteiger partial charge in [-0.05, 0) is 56.0 Å².